The fourth-order valence-corrected chi connectivity index (χ4v) is 4.54. The number of anilines is 1. The monoisotopic (exact) mass is 424 g/mol. The Morgan fingerprint density at radius 3 is 2.60 bits per heavy atom. The summed E-state index contributed by atoms with van der Waals surface area (Å²) in [6.07, 6.45) is 5.14. The van der Waals surface area contributed by atoms with Gasteiger partial charge < -0.3 is 0 Å². The predicted octanol–water partition coefficient (Wildman–Crippen LogP) is 4.28. The molecular weight excluding hydrogens is 396 g/mol. The second kappa shape index (κ2) is 9.06. The number of nitrogens with one attached hydrogen (secondary N) is 1. The average Bonchev–Trinajstić information content (AvgIpc) is 3.20. The van der Waals surface area contributed by atoms with E-state index in [1.807, 2.05) is 31.4 Å². The molecule has 0 radical (unpaired) electrons. The molecule has 1 aliphatic rings. The highest BCUT2D eigenvalue weighted by atomic mass is 32.1. The number of aryl methyl sites for hydroxylation is 3. The topological polar surface area (TPSA) is 75.9 Å². The van der Waals surface area contributed by atoms with E-state index in [2.05, 4.69) is 31.5 Å². The summed E-state index contributed by atoms with van der Waals surface area (Å²) in [5.41, 5.74) is 5.03. The van der Waals surface area contributed by atoms with Crippen molar-refractivity contribution < 1.29 is 4.79 Å². The van der Waals surface area contributed by atoms with E-state index >= 15 is 0 Å². The predicted molar refractivity (Wildman–Crippen MR) is 119 cm³/mol. The third kappa shape index (κ3) is 4.76. The van der Waals surface area contributed by atoms with E-state index in [9.17, 15) is 4.79 Å². The van der Waals surface area contributed by atoms with Crippen molar-refractivity contribution in [1.82, 2.24) is 24.9 Å². The second-order valence-electron chi connectivity index (χ2n) is 8.00. The zero-order chi connectivity index (χ0) is 21.1. The van der Waals surface area contributed by atoms with Crippen LogP contribution in [-0.2, 0) is 6.54 Å². The first-order valence-corrected chi connectivity index (χ1v) is 11.4. The molecule has 1 amide bonds. The van der Waals surface area contributed by atoms with E-state index in [1.54, 1.807) is 6.92 Å². The maximum atomic E-state index is 12.8. The van der Waals surface area contributed by atoms with Crippen LogP contribution in [0.25, 0.3) is 5.69 Å². The third-order valence-corrected chi connectivity index (χ3v) is 6.23. The van der Waals surface area contributed by atoms with Crippen LogP contribution in [0.4, 0.5) is 5.13 Å². The normalized spacial score (nSPS) is 15.2. The molecule has 0 unspecified atom stereocenters. The van der Waals surface area contributed by atoms with Gasteiger partial charge in [-0.05, 0) is 58.3 Å². The number of carbonyl (C=O) groups excluding carboxylic acids is 1. The zero-order valence-electron chi connectivity index (χ0n) is 17.8. The molecule has 0 saturated carbocycles. The van der Waals surface area contributed by atoms with E-state index in [0.717, 1.165) is 36.6 Å². The molecule has 1 fully saturated rings. The largest absolute Gasteiger partial charge is 0.297 e. The minimum absolute atomic E-state index is 0.279. The van der Waals surface area contributed by atoms with Crippen molar-refractivity contribution in [1.29, 1.82) is 0 Å². The minimum Gasteiger partial charge on any atom is -0.297 e. The van der Waals surface area contributed by atoms with Crippen molar-refractivity contribution in [3.63, 3.8) is 0 Å². The molecule has 0 bridgehead atoms. The lowest BCUT2D eigenvalue weighted by molar-refractivity contribution is 0.102. The second-order valence-corrected chi connectivity index (χ2v) is 8.86. The van der Waals surface area contributed by atoms with Crippen molar-refractivity contribution in [2.24, 2.45) is 0 Å². The van der Waals surface area contributed by atoms with Crippen LogP contribution in [-0.4, -0.2) is 43.9 Å². The molecule has 30 heavy (non-hydrogen) atoms. The van der Waals surface area contributed by atoms with Crippen LogP contribution in [0.1, 0.15) is 58.7 Å². The maximum Gasteiger partial charge on any atom is 0.279 e. The summed E-state index contributed by atoms with van der Waals surface area (Å²) in [5, 5.41) is 14.4. The van der Waals surface area contributed by atoms with Crippen LogP contribution < -0.4 is 5.32 Å². The van der Waals surface area contributed by atoms with Gasteiger partial charge in [0, 0.05) is 11.9 Å². The van der Waals surface area contributed by atoms with Gasteiger partial charge in [0.25, 0.3) is 5.91 Å². The van der Waals surface area contributed by atoms with Gasteiger partial charge >= 0.3 is 0 Å². The number of aromatic nitrogens is 4. The molecule has 1 aliphatic heterocycles. The number of carbonyl (C=O) groups is 1. The van der Waals surface area contributed by atoms with Gasteiger partial charge in [0.1, 0.15) is 0 Å². The maximum absolute atomic E-state index is 12.8. The summed E-state index contributed by atoms with van der Waals surface area (Å²) >= 11 is 1.45. The first-order chi connectivity index (χ1) is 14.5. The molecule has 3 aromatic rings. The van der Waals surface area contributed by atoms with Crippen LogP contribution in [0.15, 0.2) is 23.6 Å². The van der Waals surface area contributed by atoms with Crippen LogP contribution in [0.3, 0.4) is 0 Å². The molecule has 0 aliphatic carbocycles. The van der Waals surface area contributed by atoms with Crippen molar-refractivity contribution in [3.05, 3.63) is 51.8 Å². The summed E-state index contributed by atoms with van der Waals surface area (Å²) < 4.78 is 0. The van der Waals surface area contributed by atoms with Gasteiger partial charge in [-0.15, -0.1) is 16.4 Å². The molecule has 1 N–H and O–H groups in total. The van der Waals surface area contributed by atoms with Gasteiger partial charge in [-0.2, -0.15) is 9.90 Å². The highest BCUT2D eigenvalue weighted by Crippen LogP contribution is 2.20. The number of hydrogen-bond acceptors (Lipinski definition) is 6. The number of thiazole rings is 1. The smallest absolute Gasteiger partial charge is 0.279 e. The minimum atomic E-state index is -0.279. The lowest BCUT2D eigenvalue weighted by atomic mass is 10.1. The fourth-order valence-electron chi connectivity index (χ4n) is 3.84. The zero-order valence-corrected chi connectivity index (χ0v) is 18.6. The number of benzene rings is 1. The Balaban J connectivity index is 1.44. The summed E-state index contributed by atoms with van der Waals surface area (Å²) in [6, 6.07) is 6.07. The molecule has 4 rings (SSSR count). The van der Waals surface area contributed by atoms with Crippen LogP contribution in [0, 0.1) is 20.8 Å². The number of rotatable bonds is 5. The summed E-state index contributed by atoms with van der Waals surface area (Å²) in [5.74, 6) is -0.279. The highest BCUT2D eigenvalue weighted by molar-refractivity contribution is 7.13. The Morgan fingerprint density at radius 1 is 1.10 bits per heavy atom. The molecule has 7 nitrogen and oxygen atoms in total. The average molecular weight is 425 g/mol. The van der Waals surface area contributed by atoms with Crippen molar-refractivity contribution in [2.45, 2.75) is 53.0 Å². The quantitative estimate of drug-likeness (QED) is 0.662. The molecule has 0 spiro atoms. The lowest BCUT2D eigenvalue weighted by Gasteiger charge is -2.17. The van der Waals surface area contributed by atoms with Crippen molar-refractivity contribution in [2.75, 3.05) is 18.4 Å². The molecular formula is C22H28N6OS. The molecule has 1 aromatic carbocycles. The lowest BCUT2D eigenvalue weighted by Crippen LogP contribution is -2.24. The Bertz CT molecular complexity index is 1030. The third-order valence-electron chi connectivity index (χ3n) is 5.42. The molecule has 1 saturated heterocycles. The number of nitrogens with zero attached hydrogens (tertiary/aromatic N) is 5. The fraction of sp³-hybridized carbons (Fsp3) is 0.455. The van der Waals surface area contributed by atoms with Gasteiger partial charge in [-0.3, -0.25) is 15.0 Å². The number of hydrogen-bond donors (Lipinski definition) is 1. The van der Waals surface area contributed by atoms with E-state index < -0.39 is 0 Å². The van der Waals surface area contributed by atoms with E-state index in [0.29, 0.717) is 16.5 Å². The van der Waals surface area contributed by atoms with Gasteiger partial charge in [0.2, 0.25) is 0 Å². The van der Waals surface area contributed by atoms with E-state index in [1.165, 1.54) is 47.4 Å². The van der Waals surface area contributed by atoms with Crippen LogP contribution in [0.5, 0.6) is 0 Å². The standard InChI is InChI=1S/C22H28N6OS/c1-15-8-9-19(16(2)12-15)28-25-17(3)20(26-28)21(29)24-22-23-18(14-30-22)13-27-10-6-4-5-7-11-27/h8-9,12,14H,4-7,10-11,13H2,1-3H3,(H,23,24,29). The summed E-state index contributed by atoms with van der Waals surface area (Å²) in [6.45, 7) is 8.96. The molecule has 2 aromatic heterocycles. The Kier molecular flexibility index (Phi) is 6.24. The van der Waals surface area contributed by atoms with Crippen LogP contribution in [0.2, 0.25) is 0 Å². The molecule has 0 atom stereocenters. The van der Waals surface area contributed by atoms with Crippen LogP contribution >= 0.6 is 11.3 Å². The first-order valence-electron chi connectivity index (χ1n) is 10.5. The van der Waals surface area contributed by atoms with Gasteiger partial charge in [-0.1, -0.05) is 30.5 Å². The van der Waals surface area contributed by atoms with Crippen molar-refractivity contribution in [3.8, 4) is 5.69 Å². The molecule has 8 heteroatoms. The van der Waals surface area contributed by atoms with Crippen molar-refractivity contribution >= 4 is 22.4 Å². The van der Waals surface area contributed by atoms with Gasteiger partial charge in [0.15, 0.2) is 10.8 Å². The number of amides is 1. The first kappa shape index (κ1) is 20.7. The summed E-state index contributed by atoms with van der Waals surface area (Å²) in [7, 11) is 0. The van der Waals surface area contributed by atoms with Gasteiger partial charge in [-0.25, -0.2) is 4.98 Å². The molecule has 3 heterocycles. The number of likely N-dealkylation sites (tertiary alicyclic amines) is 1. The van der Waals surface area contributed by atoms with E-state index in [-0.39, 0.29) is 5.91 Å². The summed E-state index contributed by atoms with van der Waals surface area (Å²) in [4.78, 5) is 21.4. The highest BCUT2D eigenvalue weighted by Gasteiger charge is 2.19. The Labute approximate surface area is 181 Å². The molecule has 158 valence electrons. The Hall–Kier alpha value is -2.58. The Morgan fingerprint density at radius 2 is 1.87 bits per heavy atom. The van der Waals surface area contributed by atoms with E-state index in [4.69, 9.17) is 0 Å². The van der Waals surface area contributed by atoms with Gasteiger partial charge in [0.05, 0.1) is 17.1 Å². The SMILES string of the molecule is Cc1ccc(-n2nc(C)c(C(=O)Nc3nc(CN4CCCCCC4)cs3)n2)c(C)c1.